The molecule has 1 amide bonds. The zero-order valence-corrected chi connectivity index (χ0v) is 20.0. The normalized spacial score (nSPS) is 22.5. The molecule has 0 saturated carbocycles. The van der Waals surface area contributed by atoms with E-state index in [1.165, 1.54) is 30.3 Å². The molecular formula is C23H30FN3O5S. The molecule has 1 heterocycles. The maximum absolute atomic E-state index is 13.2. The highest BCUT2D eigenvalue weighted by atomic mass is 32.2. The van der Waals surface area contributed by atoms with Gasteiger partial charge >= 0.3 is 0 Å². The van der Waals surface area contributed by atoms with Gasteiger partial charge in [0.25, 0.3) is 15.9 Å². The molecule has 1 aliphatic rings. The Labute approximate surface area is 194 Å². The van der Waals surface area contributed by atoms with E-state index in [9.17, 15) is 17.6 Å². The number of carbonyl (C=O) groups is 1. The van der Waals surface area contributed by atoms with Crippen LogP contribution in [0.5, 0.6) is 5.75 Å². The van der Waals surface area contributed by atoms with Crippen LogP contribution in [-0.4, -0.2) is 65.2 Å². The third-order valence-corrected chi connectivity index (χ3v) is 7.00. The molecule has 33 heavy (non-hydrogen) atoms. The highest BCUT2D eigenvalue weighted by molar-refractivity contribution is 7.92. The Morgan fingerprint density at radius 1 is 1.18 bits per heavy atom. The van der Waals surface area contributed by atoms with Gasteiger partial charge < -0.3 is 19.7 Å². The van der Waals surface area contributed by atoms with E-state index >= 15 is 0 Å². The summed E-state index contributed by atoms with van der Waals surface area (Å²) in [5, 5.41) is 3.40. The largest absolute Gasteiger partial charge is 0.491 e. The van der Waals surface area contributed by atoms with Crippen LogP contribution in [0.1, 0.15) is 24.2 Å². The highest BCUT2D eigenvalue weighted by Gasteiger charge is 2.26. The molecule has 2 aromatic rings. The molecule has 180 valence electrons. The number of likely N-dealkylation sites (N-methyl/N-ethyl adjacent to an activating group) is 1. The lowest BCUT2D eigenvalue weighted by Gasteiger charge is -2.30. The minimum absolute atomic E-state index is 0.00960. The van der Waals surface area contributed by atoms with E-state index < -0.39 is 15.8 Å². The lowest BCUT2D eigenvalue weighted by molar-refractivity contribution is 0.0281. The molecule has 0 fully saturated rings. The van der Waals surface area contributed by atoms with E-state index in [2.05, 4.69) is 17.0 Å². The van der Waals surface area contributed by atoms with E-state index in [-0.39, 0.29) is 46.9 Å². The van der Waals surface area contributed by atoms with Gasteiger partial charge in [-0.1, -0.05) is 6.92 Å². The van der Waals surface area contributed by atoms with Crippen LogP contribution >= 0.6 is 0 Å². The predicted octanol–water partition coefficient (Wildman–Crippen LogP) is 2.72. The van der Waals surface area contributed by atoms with Gasteiger partial charge in [-0.25, -0.2) is 12.8 Å². The van der Waals surface area contributed by atoms with E-state index in [0.717, 1.165) is 12.1 Å². The molecule has 3 rings (SSSR count). The van der Waals surface area contributed by atoms with E-state index in [4.69, 9.17) is 9.47 Å². The Hall–Kier alpha value is -2.69. The smallest absolute Gasteiger partial charge is 0.261 e. The van der Waals surface area contributed by atoms with Crippen LogP contribution in [-0.2, 0) is 14.8 Å². The fourth-order valence-corrected chi connectivity index (χ4v) is 4.60. The maximum atomic E-state index is 13.2. The number of amides is 1. The zero-order chi connectivity index (χ0) is 24.2. The quantitative estimate of drug-likeness (QED) is 0.700. The van der Waals surface area contributed by atoms with Gasteiger partial charge in [0.15, 0.2) is 0 Å². The highest BCUT2D eigenvalue weighted by Crippen LogP contribution is 2.27. The van der Waals surface area contributed by atoms with Gasteiger partial charge in [-0.05, 0) is 49.2 Å². The number of ether oxygens (including phenoxy) is 2. The second-order valence-electron chi connectivity index (χ2n) is 8.33. The van der Waals surface area contributed by atoms with Crippen LogP contribution < -0.4 is 14.8 Å². The number of hydrogen-bond donors (Lipinski definition) is 2. The Bertz CT molecular complexity index is 1080. The summed E-state index contributed by atoms with van der Waals surface area (Å²) in [6.45, 7) is 5.39. The number of benzene rings is 2. The van der Waals surface area contributed by atoms with Crippen LogP contribution in [0.2, 0.25) is 0 Å². The summed E-state index contributed by atoms with van der Waals surface area (Å²) in [5.74, 6) is -0.344. The lowest BCUT2D eigenvalue weighted by Crippen LogP contribution is -2.44. The number of halogens is 1. The number of carbonyl (C=O) groups excluding carboxylic acids is 1. The molecule has 0 aliphatic carbocycles. The van der Waals surface area contributed by atoms with Crippen molar-refractivity contribution in [2.45, 2.75) is 30.9 Å². The number of anilines is 1. The first-order valence-corrected chi connectivity index (χ1v) is 12.2. The number of nitrogens with zero attached hydrogens (tertiary/aromatic N) is 1. The predicted molar refractivity (Wildman–Crippen MR) is 124 cm³/mol. The molecule has 0 saturated heterocycles. The molecular weight excluding hydrogens is 449 g/mol. The van der Waals surface area contributed by atoms with Crippen LogP contribution in [0.3, 0.4) is 0 Å². The number of methoxy groups -OCH3 is 1. The fraction of sp³-hybridized carbons (Fsp3) is 0.435. The van der Waals surface area contributed by atoms with Crippen molar-refractivity contribution >= 4 is 21.6 Å². The van der Waals surface area contributed by atoms with Crippen molar-refractivity contribution in [1.82, 2.24) is 10.2 Å². The number of rotatable bonds is 4. The molecule has 1 aliphatic heterocycles. The second-order valence-corrected chi connectivity index (χ2v) is 10.0. The Morgan fingerprint density at radius 2 is 1.88 bits per heavy atom. The topological polar surface area (TPSA) is 97.0 Å². The summed E-state index contributed by atoms with van der Waals surface area (Å²) in [5.41, 5.74) is 0.544. The van der Waals surface area contributed by atoms with Crippen molar-refractivity contribution < 1.29 is 27.1 Å². The molecule has 8 nitrogen and oxygen atoms in total. The van der Waals surface area contributed by atoms with Gasteiger partial charge in [0.1, 0.15) is 18.2 Å². The minimum Gasteiger partial charge on any atom is -0.491 e. The Kier molecular flexibility index (Phi) is 7.93. The molecule has 2 N–H and O–H groups in total. The third-order valence-electron chi connectivity index (χ3n) is 5.60. The average molecular weight is 480 g/mol. The van der Waals surface area contributed by atoms with Gasteiger partial charge in [-0.3, -0.25) is 9.52 Å². The van der Waals surface area contributed by atoms with Crippen LogP contribution in [0.4, 0.5) is 10.1 Å². The summed E-state index contributed by atoms with van der Waals surface area (Å²) in [7, 11) is -0.622. The molecule has 2 aromatic carbocycles. The van der Waals surface area contributed by atoms with Gasteiger partial charge in [-0.15, -0.1) is 0 Å². The summed E-state index contributed by atoms with van der Waals surface area (Å²) in [6.07, 6.45) is -0.149. The first kappa shape index (κ1) is 24.9. The summed E-state index contributed by atoms with van der Waals surface area (Å²) < 4.78 is 52.5. The number of nitrogens with one attached hydrogen (secondary N) is 2. The van der Waals surface area contributed by atoms with Crippen molar-refractivity contribution in [2.24, 2.45) is 5.92 Å². The van der Waals surface area contributed by atoms with Crippen molar-refractivity contribution in [2.75, 3.05) is 38.6 Å². The summed E-state index contributed by atoms with van der Waals surface area (Å²) in [6, 6.07) is 9.02. The fourth-order valence-electron chi connectivity index (χ4n) is 3.55. The van der Waals surface area contributed by atoms with E-state index in [1.807, 2.05) is 6.92 Å². The standard InChI is InChI=1S/C23H30FN3O5S/c1-15-12-25-16(2)14-32-21-11-18(26-33(29,30)19-8-5-17(24)6-9-19)7-10-20(21)23(28)27(3)13-22(15)31-4/h5-11,15-16,22,25-26H,12-14H2,1-4H3/t15-,16+,22-/m0/s1. The van der Waals surface area contributed by atoms with Gasteiger partial charge in [-0.2, -0.15) is 0 Å². The van der Waals surface area contributed by atoms with Crippen LogP contribution in [0.25, 0.3) is 0 Å². The molecule has 0 aromatic heterocycles. The molecule has 10 heteroatoms. The number of hydrogen-bond acceptors (Lipinski definition) is 6. The average Bonchev–Trinajstić information content (AvgIpc) is 2.78. The van der Waals surface area contributed by atoms with Crippen molar-refractivity contribution in [3.05, 3.63) is 53.8 Å². The zero-order valence-electron chi connectivity index (χ0n) is 19.2. The van der Waals surface area contributed by atoms with Crippen molar-refractivity contribution in [3.8, 4) is 5.75 Å². The van der Waals surface area contributed by atoms with Gasteiger partial charge in [0.05, 0.1) is 22.3 Å². The summed E-state index contributed by atoms with van der Waals surface area (Å²) in [4.78, 5) is 14.6. The lowest BCUT2D eigenvalue weighted by atomic mass is 10.0. The van der Waals surface area contributed by atoms with Crippen molar-refractivity contribution in [1.29, 1.82) is 0 Å². The van der Waals surface area contributed by atoms with Crippen LogP contribution in [0, 0.1) is 11.7 Å². The molecule has 0 radical (unpaired) electrons. The van der Waals surface area contributed by atoms with Crippen molar-refractivity contribution in [3.63, 3.8) is 0 Å². The van der Waals surface area contributed by atoms with E-state index in [0.29, 0.717) is 18.7 Å². The maximum Gasteiger partial charge on any atom is 0.261 e. The third kappa shape index (κ3) is 6.21. The molecule has 0 spiro atoms. The first-order chi connectivity index (χ1) is 15.6. The Morgan fingerprint density at radius 3 is 2.55 bits per heavy atom. The SMILES string of the molecule is CO[C@H]1CN(C)C(=O)c2ccc(NS(=O)(=O)c3ccc(F)cc3)cc2OC[C@@H](C)NC[C@@H]1C. The summed E-state index contributed by atoms with van der Waals surface area (Å²) >= 11 is 0. The first-order valence-electron chi connectivity index (χ1n) is 10.7. The van der Waals surface area contributed by atoms with Gasteiger partial charge in [0.2, 0.25) is 0 Å². The van der Waals surface area contributed by atoms with Crippen LogP contribution in [0.15, 0.2) is 47.4 Å². The van der Waals surface area contributed by atoms with Gasteiger partial charge in [0, 0.05) is 39.4 Å². The monoisotopic (exact) mass is 479 g/mol. The molecule has 3 atom stereocenters. The van der Waals surface area contributed by atoms with E-state index in [1.54, 1.807) is 19.1 Å². The minimum atomic E-state index is -3.94. The number of fused-ring (bicyclic) bond motifs is 1. The Balaban J connectivity index is 1.91. The molecule has 0 bridgehead atoms. The molecule has 0 unspecified atom stereocenters. The number of sulfonamides is 1. The second kappa shape index (κ2) is 10.5.